The van der Waals surface area contributed by atoms with E-state index in [0.717, 1.165) is 18.2 Å². The lowest BCUT2D eigenvalue weighted by Gasteiger charge is -2.23. The number of hydrogen-bond acceptors (Lipinski definition) is 4. The zero-order chi connectivity index (χ0) is 13.0. The third kappa shape index (κ3) is 7.57. The molecule has 1 aromatic rings. The molecule has 0 unspecified atom stereocenters. The molecule has 0 heterocycles. The maximum atomic E-state index is 5.20. The summed E-state index contributed by atoms with van der Waals surface area (Å²) in [6.45, 7) is 0. The van der Waals surface area contributed by atoms with E-state index in [1.54, 1.807) is 21.3 Å². The Labute approximate surface area is 111 Å². The van der Waals surface area contributed by atoms with Crippen LogP contribution in [-0.4, -0.2) is 35.9 Å². The topological polar surface area (TPSA) is 27.7 Å². The number of hydrogen-bond donors (Lipinski definition) is 1. The van der Waals surface area contributed by atoms with E-state index >= 15 is 0 Å². The molecule has 98 valence electrons. The van der Waals surface area contributed by atoms with Crippen molar-refractivity contribution in [1.82, 2.24) is 0 Å². The Bertz CT molecular complexity index is 220. The van der Waals surface area contributed by atoms with Gasteiger partial charge in [0.2, 0.25) is 0 Å². The smallest absolute Gasteiger partial charge is 0.377 e. The molecule has 0 amide bonds. The fourth-order valence-corrected chi connectivity index (χ4v) is 3.41. The number of thiol groups is 1. The fraction of sp³-hybridized carbons (Fsp3) is 0.500. The highest BCUT2D eigenvalue weighted by molar-refractivity contribution is 7.80. The normalized spacial score (nSPS) is 10.6. The van der Waals surface area contributed by atoms with Crippen LogP contribution in [0.3, 0.4) is 0 Å². The molecule has 0 atom stereocenters. The van der Waals surface area contributed by atoms with Gasteiger partial charge in [-0.05, 0) is 12.2 Å². The second kappa shape index (κ2) is 10.8. The predicted octanol–water partition coefficient (Wildman–Crippen LogP) is 2.87. The van der Waals surface area contributed by atoms with Gasteiger partial charge in [0.25, 0.3) is 0 Å². The maximum absolute atomic E-state index is 5.20. The zero-order valence-electron chi connectivity index (χ0n) is 10.8. The molecule has 0 aliphatic rings. The lowest BCUT2D eigenvalue weighted by Crippen LogP contribution is -2.42. The van der Waals surface area contributed by atoms with Gasteiger partial charge in [-0.25, -0.2) is 0 Å². The molecule has 0 aliphatic carbocycles. The first-order chi connectivity index (χ1) is 8.24. The Morgan fingerprint density at radius 3 is 1.41 bits per heavy atom. The van der Waals surface area contributed by atoms with Gasteiger partial charge in [-0.2, -0.15) is 12.6 Å². The molecule has 0 aromatic heterocycles. The van der Waals surface area contributed by atoms with E-state index in [4.69, 9.17) is 13.3 Å². The molecule has 0 spiro atoms. The van der Waals surface area contributed by atoms with E-state index in [2.05, 4.69) is 12.6 Å². The highest BCUT2D eigenvalue weighted by atomic mass is 32.1. The van der Waals surface area contributed by atoms with E-state index < -0.39 is 8.80 Å². The third-order valence-electron chi connectivity index (χ3n) is 2.24. The Morgan fingerprint density at radius 1 is 0.824 bits per heavy atom. The number of rotatable bonds is 6. The highest BCUT2D eigenvalue weighted by Gasteiger charge is 2.36. The van der Waals surface area contributed by atoms with Gasteiger partial charge in [0.15, 0.2) is 0 Å². The van der Waals surface area contributed by atoms with Gasteiger partial charge in [-0.3, -0.25) is 0 Å². The van der Waals surface area contributed by atoms with Crippen LogP contribution in [-0.2, 0) is 13.3 Å². The molecular formula is C12H22O3SSi. The van der Waals surface area contributed by atoms with Crippen molar-refractivity contribution in [2.45, 2.75) is 12.5 Å². The van der Waals surface area contributed by atoms with Crippen LogP contribution in [0.4, 0.5) is 0 Å². The summed E-state index contributed by atoms with van der Waals surface area (Å²) >= 11 is 4.10. The summed E-state index contributed by atoms with van der Waals surface area (Å²) in [5.41, 5.74) is 0. The second-order valence-electron chi connectivity index (χ2n) is 3.28. The quantitative estimate of drug-likeness (QED) is 0.638. The van der Waals surface area contributed by atoms with Crippen molar-refractivity contribution in [1.29, 1.82) is 0 Å². The third-order valence-corrected chi connectivity index (χ3v) is 5.39. The molecule has 0 fully saturated rings. The Morgan fingerprint density at radius 2 is 1.18 bits per heavy atom. The van der Waals surface area contributed by atoms with Gasteiger partial charge < -0.3 is 13.3 Å². The summed E-state index contributed by atoms with van der Waals surface area (Å²) in [5, 5.41) is 0. The van der Waals surface area contributed by atoms with Crippen molar-refractivity contribution >= 4 is 21.4 Å². The van der Waals surface area contributed by atoms with Gasteiger partial charge in [0.1, 0.15) is 0 Å². The SMILES string of the molecule is CO[Si](CCCS)(OC)OC.c1ccccc1. The van der Waals surface area contributed by atoms with Crippen molar-refractivity contribution < 1.29 is 13.3 Å². The Hall–Kier alpha value is -0.333. The lowest BCUT2D eigenvalue weighted by molar-refractivity contribution is 0.123. The first kappa shape index (κ1) is 16.7. The van der Waals surface area contributed by atoms with Gasteiger partial charge in [-0.15, -0.1) is 0 Å². The van der Waals surface area contributed by atoms with Crippen LogP contribution in [0.1, 0.15) is 6.42 Å². The average Bonchev–Trinajstić information content (AvgIpc) is 2.44. The van der Waals surface area contributed by atoms with Gasteiger partial charge in [0, 0.05) is 27.4 Å². The molecule has 0 aliphatic heterocycles. The second-order valence-corrected chi connectivity index (χ2v) is 6.82. The highest BCUT2D eigenvalue weighted by Crippen LogP contribution is 2.14. The van der Waals surface area contributed by atoms with Crippen molar-refractivity contribution in [2.75, 3.05) is 27.1 Å². The van der Waals surface area contributed by atoms with Crippen LogP contribution in [0.15, 0.2) is 36.4 Å². The first-order valence-electron chi connectivity index (χ1n) is 5.51. The van der Waals surface area contributed by atoms with Crippen molar-refractivity contribution in [3.05, 3.63) is 36.4 Å². The molecule has 0 bridgehead atoms. The maximum Gasteiger partial charge on any atom is 0.500 e. The van der Waals surface area contributed by atoms with Crippen LogP contribution in [0.25, 0.3) is 0 Å². The zero-order valence-corrected chi connectivity index (χ0v) is 12.7. The molecule has 0 saturated carbocycles. The van der Waals surface area contributed by atoms with Crippen molar-refractivity contribution in [3.63, 3.8) is 0 Å². The van der Waals surface area contributed by atoms with Crippen LogP contribution < -0.4 is 0 Å². The first-order valence-corrected chi connectivity index (χ1v) is 8.07. The van der Waals surface area contributed by atoms with Crippen molar-refractivity contribution in [3.8, 4) is 0 Å². The fourth-order valence-electron chi connectivity index (χ4n) is 1.24. The summed E-state index contributed by atoms with van der Waals surface area (Å²) < 4.78 is 15.6. The van der Waals surface area contributed by atoms with E-state index in [0.29, 0.717) is 0 Å². The minimum Gasteiger partial charge on any atom is -0.377 e. The largest absolute Gasteiger partial charge is 0.500 e. The van der Waals surface area contributed by atoms with Crippen LogP contribution in [0, 0.1) is 0 Å². The molecule has 0 radical (unpaired) electrons. The van der Waals surface area contributed by atoms with Gasteiger partial charge in [0.05, 0.1) is 0 Å². The molecule has 1 rings (SSSR count). The molecule has 3 nitrogen and oxygen atoms in total. The summed E-state index contributed by atoms with van der Waals surface area (Å²) in [6.07, 6.45) is 0.963. The van der Waals surface area contributed by atoms with E-state index in [-0.39, 0.29) is 0 Å². The molecule has 17 heavy (non-hydrogen) atoms. The summed E-state index contributed by atoms with van der Waals surface area (Å²) in [6, 6.07) is 12.8. The van der Waals surface area contributed by atoms with Crippen LogP contribution in [0.5, 0.6) is 0 Å². The molecule has 1 aromatic carbocycles. The van der Waals surface area contributed by atoms with Gasteiger partial charge in [-0.1, -0.05) is 36.4 Å². The van der Waals surface area contributed by atoms with Gasteiger partial charge >= 0.3 is 8.80 Å². The number of benzene rings is 1. The summed E-state index contributed by atoms with van der Waals surface area (Å²) in [4.78, 5) is 0. The van der Waals surface area contributed by atoms with E-state index in [1.807, 2.05) is 36.4 Å². The Kier molecular flexibility index (Phi) is 10.6. The molecular weight excluding hydrogens is 252 g/mol. The van der Waals surface area contributed by atoms with Crippen molar-refractivity contribution in [2.24, 2.45) is 0 Å². The lowest BCUT2D eigenvalue weighted by atomic mass is 10.4. The van der Waals surface area contributed by atoms with Crippen LogP contribution >= 0.6 is 12.6 Å². The summed E-state index contributed by atoms with van der Waals surface area (Å²) in [7, 11) is 2.58. The minimum atomic E-state index is -2.29. The minimum absolute atomic E-state index is 0.833. The standard InChI is InChI=1S/C6H16O3SSi.C6H6/c1-7-11(8-2,9-3)6-4-5-10;1-2-4-6-5-3-1/h10H,4-6H2,1-3H3;1-6H. The predicted molar refractivity (Wildman–Crippen MR) is 76.5 cm³/mol. The summed E-state index contributed by atoms with van der Waals surface area (Å²) in [5.74, 6) is 0.838. The van der Waals surface area contributed by atoms with E-state index in [9.17, 15) is 0 Å². The Balaban J connectivity index is 0.000000354. The van der Waals surface area contributed by atoms with Crippen LogP contribution in [0.2, 0.25) is 6.04 Å². The van der Waals surface area contributed by atoms with E-state index in [1.165, 1.54) is 0 Å². The average molecular weight is 274 g/mol. The molecule has 5 heteroatoms. The molecule has 0 N–H and O–H groups in total. The monoisotopic (exact) mass is 274 g/mol. The molecule has 0 saturated heterocycles.